The lowest BCUT2D eigenvalue weighted by atomic mass is 10.0. The fourth-order valence-electron chi connectivity index (χ4n) is 4.36. The summed E-state index contributed by atoms with van der Waals surface area (Å²) in [7, 11) is 3.35. The first-order chi connectivity index (χ1) is 17.1. The van der Waals surface area contributed by atoms with E-state index in [1.165, 1.54) is 31.9 Å². The minimum Gasteiger partial charge on any atom is -0.378 e. The van der Waals surface area contributed by atoms with Crippen LogP contribution in [-0.2, 0) is 4.74 Å². The van der Waals surface area contributed by atoms with Crippen molar-refractivity contribution >= 4 is 17.4 Å². The van der Waals surface area contributed by atoms with E-state index in [0.29, 0.717) is 41.6 Å². The van der Waals surface area contributed by atoms with E-state index in [-0.39, 0.29) is 18.6 Å². The van der Waals surface area contributed by atoms with Crippen molar-refractivity contribution in [1.82, 2.24) is 29.5 Å². The molecule has 0 aromatic carbocycles. The molecule has 2 N–H and O–H groups in total. The molecule has 9 nitrogen and oxygen atoms in total. The average molecular weight is 480 g/mol. The van der Waals surface area contributed by atoms with Gasteiger partial charge in [-0.15, -0.1) is 0 Å². The lowest BCUT2D eigenvalue weighted by Crippen LogP contribution is -2.32. The summed E-state index contributed by atoms with van der Waals surface area (Å²) < 4.78 is 23.3. The molecule has 10 heteroatoms. The topological polar surface area (TPSA) is 98.4 Å². The molecular weight excluding hydrogens is 449 g/mol. The van der Waals surface area contributed by atoms with Gasteiger partial charge in [-0.2, -0.15) is 9.61 Å². The predicted octanol–water partition coefficient (Wildman–Crippen LogP) is 3.96. The number of carbonyl (C=O) groups is 1. The van der Waals surface area contributed by atoms with Crippen LogP contribution in [0.3, 0.4) is 0 Å². The molecule has 1 saturated heterocycles. The number of amides is 1. The highest BCUT2D eigenvalue weighted by Gasteiger charge is 2.30. The number of anilines is 1. The first kappa shape index (κ1) is 23.2. The minimum absolute atomic E-state index is 0.0921. The van der Waals surface area contributed by atoms with Crippen LogP contribution in [0.25, 0.3) is 28.3 Å². The summed E-state index contributed by atoms with van der Waals surface area (Å²) in [5, 5.41) is 10.00. The van der Waals surface area contributed by atoms with E-state index in [1.807, 2.05) is 29.0 Å². The number of rotatable bonds is 4. The minimum atomic E-state index is -1.09. The molecule has 3 aliphatic heterocycles. The van der Waals surface area contributed by atoms with Crippen molar-refractivity contribution in [2.75, 3.05) is 32.6 Å². The van der Waals surface area contributed by atoms with Crippen LogP contribution >= 0.6 is 0 Å². The Labute approximate surface area is 203 Å². The average Bonchev–Trinajstić information content (AvgIpc) is 3.47. The van der Waals surface area contributed by atoms with Crippen molar-refractivity contribution in [1.29, 1.82) is 0 Å². The van der Waals surface area contributed by atoms with Gasteiger partial charge in [-0.05, 0) is 18.6 Å². The van der Waals surface area contributed by atoms with Crippen molar-refractivity contribution in [2.24, 2.45) is 0 Å². The molecule has 6 rings (SSSR count). The maximum Gasteiger partial charge on any atom is 0.256 e. The number of nitrogens with zero attached hydrogens (tertiary/aromatic N) is 5. The summed E-state index contributed by atoms with van der Waals surface area (Å²) in [4.78, 5) is 21.6. The standard InChI is InChI=1S/C21H22FN7O2.C4H8/c1-23-18-8-16(27-20-14(21(30)24-2)10-26-29(18)20)13-9-25-19-12(13)4-3-6-28(19)17-5-7-31-11-15(17)22;1-2-4-3-1/h3-4,6,8-10,15,17,23H,5,7,11H2,1-2H3,(H,24,30);1-4H2. The lowest BCUT2D eigenvalue weighted by Gasteiger charge is -2.29. The van der Waals surface area contributed by atoms with Gasteiger partial charge < -0.3 is 19.9 Å². The highest BCUT2D eigenvalue weighted by Crippen LogP contribution is 2.37. The molecule has 1 aliphatic carbocycles. The molecule has 0 spiro atoms. The summed E-state index contributed by atoms with van der Waals surface area (Å²) in [5.41, 5.74) is 3.12. The fourth-order valence-corrected chi connectivity index (χ4v) is 4.36. The van der Waals surface area contributed by atoms with Gasteiger partial charge in [0.1, 0.15) is 23.4 Å². The van der Waals surface area contributed by atoms with Crippen LogP contribution in [0.2, 0.25) is 0 Å². The number of ether oxygens (including phenoxy) is 1. The highest BCUT2D eigenvalue weighted by atomic mass is 19.1. The first-order valence-corrected chi connectivity index (χ1v) is 12.1. The molecule has 0 bridgehead atoms. The van der Waals surface area contributed by atoms with Crippen LogP contribution in [0.4, 0.5) is 10.2 Å². The van der Waals surface area contributed by atoms with Gasteiger partial charge in [0.2, 0.25) is 0 Å². The van der Waals surface area contributed by atoms with Crippen LogP contribution in [-0.4, -0.2) is 63.5 Å². The number of halogens is 1. The number of hydrogen-bond acceptors (Lipinski definition) is 6. The number of aromatic nitrogens is 5. The zero-order chi connectivity index (χ0) is 24.4. The zero-order valence-corrected chi connectivity index (χ0v) is 20.0. The number of nitrogens with one attached hydrogen (secondary N) is 2. The van der Waals surface area contributed by atoms with Crippen molar-refractivity contribution in [3.05, 3.63) is 42.4 Å². The third kappa shape index (κ3) is 4.34. The maximum absolute atomic E-state index is 14.5. The first-order valence-electron chi connectivity index (χ1n) is 12.1. The fraction of sp³-hybridized carbons (Fsp3) is 0.440. The van der Waals surface area contributed by atoms with Crippen LogP contribution in [0.5, 0.6) is 0 Å². The molecule has 184 valence electrons. The molecule has 1 saturated carbocycles. The summed E-state index contributed by atoms with van der Waals surface area (Å²) in [6.45, 7) is 0.615. The molecule has 2 unspecified atom stereocenters. The number of alkyl halides is 1. The van der Waals surface area contributed by atoms with Gasteiger partial charge in [0, 0.05) is 50.3 Å². The van der Waals surface area contributed by atoms with Crippen molar-refractivity contribution < 1.29 is 13.9 Å². The Bertz CT molecular complexity index is 1290. The van der Waals surface area contributed by atoms with Gasteiger partial charge >= 0.3 is 0 Å². The maximum atomic E-state index is 14.5. The van der Waals surface area contributed by atoms with Crippen LogP contribution in [0.1, 0.15) is 48.5 Å². The van der Waals surface area contributed by atoms with E-state index in [0.717, 1.165) is 11.1 Å². The second-order valence-corrected chi connectivity index (χ2v) is 8.84. The molecule has 35 heavy (non-hydrogen) atoms. The van der Waals surface area contributed by atoms with Gasteiger partial charge in [0.15, 0.2) is 5.65 Å². The molecule has 5 heterocycles. The molecule has 1 amide bonds. The van der Waals surface area contributed by atoms with E-state index < -0.39 is 6.17 Å². The molecule has 2 atom stereocenters. The predicted molar refractivity (Wildman–Crippen MR) is 132 cm³/mol. The number of fused-ring (bicyclic) bond motifs is 2. The van der Waals surface area contributed by atoms with Gasteiger partial charge in [-0.3, -0.25) is 4.79 Å². The smallest absolute Gasteiger partial charge is 0.256 e. The monoisotopic (exact) mass is 479 g/mol. The molecule has 2 aromatic rings. The number of hydrogen-bond donors (Lipinski definition) is 2. The molecule has 2 aromatic heterocycles. The van der Waals surface area contributed by atoms with Gasteiger partial charge in [-0.25, -0.2) is 14.4 Å². The van der Waals surface area contributed by atoms with Crippen LogP contribution in [0, 0.1) is 0 Å². The Balaban J connectivity index is 0.000000577. The summed E-state index contributed by atoms with van der Waals surface area (Å²) in [6.07, 6.45) is 10.6. The Kier molecular flexibility index (Phi) is 6.63. The van der Waals surface area contributed by atoms with Gasteiger partial charge in [0.05, 0.1) is 24.5 Å². The SMILES string of the molecule is C1CCC1.CNC(=O)c1cnn2c(NC)cc(-c3cnc4n(C5CCOCC5F)cccc3-4)nc12. The second-order valence-electron chi connectivity index (χ2n) is 8.84. The summed E-state index contributed by atoms with van der Waals surface area (Å²) >= 11 is 0. The molecule has 4 aliphatic rings. The number of carbonyl (C=O) groups excluding carboxylic acids is 1. The largest absolute Gasteiger partial charge is 0.378 e. The quantitative estimate of drug-likeness (QED) is 0.460. The number of pyridine rings is 1. The zero-order valence-electron chi connectivity index (χ0n) is 20.0. The molecule has 0 radical (unpaired) electrons. The van der Waals surface area contributed by atoms with E-state index in [1.54, 1.807) is 24.8 Å². The third-order valence-electron chi connectivity index (χ3n) is 6.69. The Morgan fingerprint density at radius 1 is 1.17 bits per heavy atom. The van der Waals surface area contributed by atoms with E-state index in [4.69, 9.17) is 9.72 Å². The Morgan fingerprint density at radius 2 is 1.97 bits per heavy atom. The summed E-state index contributed by atoms with van der Waals surface area (Å²) in [6, 6.07) is 5.37. The van der Waals surface area contributed by atoms with E-state index in [2.05, 4.69) is 20.7 Å². The molecule has 2 fully saturated rings. The Hall–Kier alpha value is -3.53. The normalized spacial score (nSPS) is 19.6. The Morgan fingerprint density at radius 3 is 2.66 bits per heavy atom. The van der Waals surface area contributed by atoms with Gasteiger partial charge in [0.25, 0.3) is 5.91 Å². The van der Waals surface area contributed by atoms with Gasteiger partial charge in [-0.1, -0.05) is 25.7 Å². The van der Waals surface area contributed by atoms with Crippen molar-refractivity contribution in [2.45, 2.75) is 44.3 Å². The highest BCUT2D eigenvalue weighted by molar-refractivity contribution is 6.00. The lowest BCUT2D eigenvalue weighted by molar-refractivity contribution is 0.00346. The molecular formula is C25H30FN7O2. The van der Waals surface area contributed by atoms with E-state index in [9.17, 15) is 9.18 Å². The summed E-state index contributed by atoms with van der Waals surface area (Å²) in [5.74, 6) is 1.11. The van der Waals surface area contributed by atoms with Crippen LogP contribution in [0.15, 0.2) is 36.8 Å². The third-order valence-corrected chi connectivity index (χ3v) is 6.69. The van der Waals surface area contributed by atoms with E-state index >= 15 is 0 Å². The van der Waals surface area contributed by atoms with Crippen molar-refractivity contribution in [3.63, 3.8) is 0 Å². The van der Waals surface area contributed by atoms with Crippen LogP contribution < -0.4 is 10.6 Å². The second kappa shape index (κ2) is 9.99. The van der Waals surface area contributed by atoms with Crippen molar-refractivity contribution in [3.8, 4) is 22.6 Å².